The number of anilines is 1. The van der Waals surface area contributed by atoms with Crippen LogP contribution in [0.15, 0.2) is 60.2 Å². The van der Waals surface area contributed by atoms with Crippen molar-refractivity contribution in [3.63, 3.8) is 0 Å². The molecular weight excluding hydrogens is 532 g/mol. The molecule has 4 amide bonds. The molecule has 1 N–H and O–H groups in total. The largest absolute Gasteiger partial charge is 0.508 e. The summed E-state index contributed by atoms with van der Waals surface area (Å²) in [4.78, 5) is 59.5. The molecule has 2 aromatic carbocycles. The number of aromatic hydroxyl groups is 1. The molecule has 3 aliphatic carbocycles. The number of fused-ring (bicyclic) bond motifs is 4. The van der Waals surface area contributed by atoms with E-state index in [9.17, 15) is 24.3 Å². The Labute approximate surface area is 245 Å². The van der Waals surface area contributed by atoms with Crippen LogP contribution in [0.3, 0.4) is 0 Å². The monoisotopic (exact) mass is 568 g/mol. The van der Waals surface area contributed by atoms with Crippen LogP contribution in [0.25, 0.3) is 0 Å². The van der Waals surface area contributed by atoms with Gasteiger partial charge in [0.15, 0.2) is 0 Å². The van der Waals surface area contributed by atoms with E-state index in [1.54, 1.807) is 41.3 Å². The summed E-state index contributed by atoms with van der Waals surface area (Å²) in [5.41, 5.74) is 0.974. The molecule has 2 aromatic rings. The van der Waals surface area contributed by atoms with Crippen LogP contribution in [0.2, 0.25) is 0 Å². The summed E-state index contributed by atoms with van der Waals surface area (Å²) in [5.74, 6) is -2.95. The molecule has 2 saturated heterocycles. The lowest BCUT2D eigenvalue weighted by molar-refractivity contribution is -0.144. The smallest absolute Gasteiger partial charge is 0.241 e. The van der Waals surface area contributed by atoms with Crippen molar-refractivity contribution in [3.05, 3.63) is 65.7 Å². The van der Waals surface area contributed by atoms with Gasteiger partial charge in [-0.15, -0.1) is 0 Å². The molecule has 2 saturated carbocycles. The molecule has 8 nitrogen and oxygen atoms in total. The minimum atomic E-state index is -1.15. The van der Waals surface area contributed by atoms with Crippen LogP contribution in [0, 0.1) is 29.1 Å². The Morgan fingerprint density at radius 3 is 2.36 bits per heavy atom. The predicted octanol–water partition coefficient (Wildman–Crippen LogP) is 4.96. The molecule has 2 aliphatic heterocycles. The second-order valence-corrected chi connectivity index (χ2v) is 12.8. The molecule has 6 unspecified atom stereocenters. The fraction of sp³-hybridized carbons (Fsp3) is 0.471. The number of carbonyl (C=O) groups is 4. The number of nitrogens with zero attached hydrogens (tertiary/aromatic N) is 2. The number of ether oxygens (including phenoxy) is 1. The van der Waals surface area contributed by atoms with Gasteiger partial charge in [0.05, 0.1) is 36.0 Å². The van der Waals surface area contributed by atoms with E-state index in [2.05, 4.69) is 6.08 Å². The van der Waals surface area contributed by atoms with Crippen molar-refractivity contribution in [3.8, 4) is 11.5 Å². The number of methoxy groups -OCH3 is 1. The third-order valence-corrected chi connectivity index (χ3v) is 10.8. The summed E-state index contributed by atoms with van der Waals surface area (Å²) in [7, 11) is 1.52. The van der Waals surface area contributed by atoms with E-state index in [1.165, 1.54) is 18.1 Å². The van der Waals surface area contributed by atoms with Crippen LogP contribution in [0.1, 0.15) is 63.4 Å². The van der Waals surface area contributed by atoms with Gasteiger partial charge < -0.3 is 9.84 Å². The van der Waals surface area contributed by atoms with Crippen LogP contribution in [0.4, 0.5) is 5.69 Å². The normalized spacial score (nSPS) is 32.9. The third kappa shape index (κ3) is 3.66. The molecule has 8 heteroatoms. The second-order valence-electron chi connectivity index (χ2n) is 12.8. The molecule has 0 aromatic heterocycles. The maximum Gasteiger partial charge on any atom is 0.241 e. The number of amides is 4. The zero-order valence-electron chi connectivity index (χ0n) is 24.0. The summed E-state index contributed by atoms with van der Waals surface area (Å²) in [6.45, 7) is 1.86. The van der Waals surface area contributed by atoms with Gasteiger partial charge in [-0.25, -0.2) is 4.90 Å². The van der Waals surface area contributed by atoms with Crippen LogP contribution in [0.5, 0.6) is 11.5 Å². The summed E-state index contributed by atoms with van der Waals surface area (Å²) in [6.07, 6.45) is 7.64. The highest BCUT2D eigenvalue weighted by atomic mass is 16.5. The van der Waals surface area contributed by atoms with Crippen molar-refractivity contribution in [2.24, 2.45) is 29.1 Å². The summed E-state index contributed by atoms with van der Waals surface area (Å²) in [6, 6.07) is 13.8. The molecule has 0 bridgehead atoms. The van der Waals surface area contributed by atoms with E-state index in [0.717, 1.165) is 37.7 Å². The number of likely N-dealkylation sites (tertiary alicyclic amines) is 1. The minimum absolute atomic E-state index is 0.0294. The molecule has 5 aliphatic rings. The van der Waals surface area contributed by atoms with E-state index < -0.39 is 29.1 Å². The number of para-hydroxylation sites is 1. The number of imide groups is 2. The van der Waals surface area contributed by atoms with Crippen molar-refractivity contribution >= 4 is 29.3 Å². The number of carbonyl (C=O) groups excluding carboxylic acids is 4. The van der Waals surface area contributed by atoms with Gasteiger partial charge in [-0.1, -0.05) is 55.2 Å². The number of rotatable bonds is 4. The predicted molar refractivity (Wildman–Crippen MR) is 154 cm³/mol. The summed E-state index contributed by atoms with van der Waals surface area (Å²) >= 11 is 0. The van der Waals surface area contributed by atoms with Crippen LogP contribution >= 0.6 is 0 Å². The first-order valence-corrected chi connectivity index (χ1v) is 15.1. The molecule has 4 fully saturated rings. The summed E-state index contributed by atoms with van der Waals surface area (Å²) in [5, 5.41) is 10.3. The Bertz CT molecular complexity index is 1510. The van der Waals surface area contributed by atoms with Gasteiger partial charge in [-0.3, -0.25) is 24.1 Å². The lowest BCUT2D eigenvalue weighted by Gasteiger charge is -2.49. The van der Waals surface area contributed by atoms with Gasteiger partial charge >= 0.3 is 0 Å². The Hall–Kier alpha value is -3.94. The van der Waals surface area contributed by atoms with Crippen molar-refractivity contribution in [1.29, 1.82) is 0 Å². The van der Waals surface area contributed by atoms with Gasteiger partial charge in [0.2, 0.25) is 23.6 Å². The van der Waals surface area contributed by atoms with Gasteiger partial charge in [0.1, 0.15) is 11.5 Å². The van der Waals surface area contributed by atoms with Crippen molar-refractivity contribution in [1.82, 2.24) is 4.90 Å². The second kappa shape index (κ2) is 9.82. The zero-order valence-corrected chi connectivity index (χ0v) is 24.0. The van der Waals surface area contributed by atoms with E-state index in [1.807, 2.05) is 13.0 Å². The highest BCUT2D eigenvalue weighted by molar-refractivity contribution is 6.24. The molecule has 0 radical (unpaired) electrons. The molecule has 6 atom stereocenters. The molecule has 218 valence electrons. The number of phenols is 1. The fourth-order valence-electron chi connectivity index (χ4n) is 8.84. The fourth-order valence-corrected chi connectivity index (χ4v) is 8.84. The number of allylic oxidation sites excluding steroid dienone is 2. The standard InChI is InChI=1S/C34H36N2O6/c1-34-26(31(39)36(33(34)41)20-11-7-4-8-12-20)18-25-22(29(34)23-14-13-21(37)17-27(23)42-2)15-16-24-28(25)32(40)35(30(24)38)19-9-5-3-6-10-19/h4,7-8,11-15,17,19,24-26,28-29,37H,3,5-6,9-10,16,18H2,1-2H3. The van der Waals surface area contributed by atoms with E-state index >= 15 is 0 Å². The van der Waals surface area contributed by atoms with Gasteiger partial charge in [-0.05, 0) is 56.7 Å². The molecule has 2 heterocycles. The van der Waals surface area contributed by atoms with Crippen molar-refractivity contribution in [2.75, 3.05) is 12.0 Å². The van der Waals surface area contributed by atoms with Crippen LogP contribution < -0.4 is 9.64 Å². The molecular formula is C34H36N2O6. The highest BCUT2D eigenvalue weighted by Crippen LogP contribution is 2.64. The first-order chi connectivity index (χ1) is 20.3. The average Bonchev–Trinajstić information content (AvgIpc) is 3.37. The SMILES string of the molecule is COc1cc(O)ccc1C1C2=CCC3C(=O)N(C4CCCCC4)C(=O)C3C2CC2C(=O)N(c3ccccc3)C(=O)C21C. The zero-order chi connectivity index (χ0) is 29.3. The number of hydrogen-bond donors (Lipinski definition) is 1. The van der Waals surface area contributed by atoms with Gasteiger partial charge in [0.25, 0.3) is 0 Å². The van der Waals surface area contributed by atoms with E-state index in [4.69, 9.17) is 4.74 Å². The van der Waals surface area contributed by atoms with E-state index in [0.29, 0.717) is 29.8 Å². The van der Waals surface area contributed by atoms with E-state index in [-0.39, 0.29) is 41.3 Å². The number of hydrogen-bond acceptors (Lipinski definition) is 6. The number of benzene rings is 2. The van der Waals surface area contributed by atoms with Crippen LogP contribution in [-0.2, 0) is 19.2 Å². The Balaban J connectivity index is 1.37. The number of phenolic OH excluding ortho intramolecular Hbond substituents is 1. The summed E-state index contributed by atoms with van der Waals surface area (Å²) < 4.78 is 5.72. The molecule has 42 heavy (non-hydrogen) atoms. The Morgan fingerprint density at radius 2 is 1.64 bits per heavy atom. The minimum Gasteiger partial charge on any atom is -0.508 e. The Morgan fingerprint density at radius 1 is 0.905 bits per heavy atom. The first-order valence-electron chi connectivity index (χ1n) is 15.1. The molecule has 0 spiro atoms. The van der Waals surface area contributed by atoms with Crippen molar-refractivity contribution < 1.29 is 29.0 Å². The first kappa shape index (κ1) is 26.9. The van der Waals surface area contributed by atoms with Gasteiger partial charge in [0, 0.05) is 23.6 Å². The average molecular weight is 569 g/mol. The maximum atomic E-state index is 14.5. The Kier molecular flexibility index (Phi) is 6.29. The quantitative estimate of drug-likeness (QED) is 0.413. The molecule has 7 rings (SSSR count). The lowest BCUT2D eigenvalue weighted by Crippen LogP contribution is -2.49. The van der Waals surface area contributed by atoms with Crippen LogP contribution in [-0.4, -0.2) is 46.8 Å². The third-order valence-electron chi connectivity index (χ3n) is 10.8. The van der Waals surface area contributed by atoms with Gasteiger partial charge in [-0.2, -0.15) is 0 Å². The topological polar surface area (TPSA) is 104 Å². The van der Waals surface area contributed by atoms with Crippen molar-refractivity contribution in [2.45, 2.75) is 63.8 Å². The highest BCUT2D eigenvalue weighted by Gasteiger charge is 2.68. The lowest BCUT2D eigenvalue weighted by atomic mass is 9.51. The maximum absolute atomic E-state index is 14.5.